The van der Waals surface area contributed by atoms with Gasteiger partial charge >= 0.3 is 12.1 Å². The Labute approximate surface area is 194 Å². The molecule has 0 unspecified atom stereocenters. The van der Waals surface area contributed by atoms with Gasteiger partial charge in [0.2, 0.25) is 5.91 Å². The maximum atomic E-state index is 12.5. The summed E-state index contributed by atoms with van der Waals surface area (Å²) in [7, 11) is 0. The van der Waals surface area contributed by atoms with Crippen LogP contribution in [-0.4, -0.2) is 37.2 Å². The molecule has 0 bridgehead atoms. The Morgan fingerprint density at radius 2 is 1.70 bits per heavy atom. The second-order valence-electron chi connectivity index (χ2n) is 7.54. The minimum absolute atomic E-state index is 0.202. The Bertz CT molecular complexity index is 889. The molecule has 2 aromatic carbocycles. The summed E-state index contributed by atoms with van der Waals surface area (Å²) in [5.41, 5.74) is 8.55. The van der Waals surface area contributed by atoms with Crippen LogP contribution in [-0.2, 0) is 32.1 Å². The molecule has 178 valence electrons. The number of alkyl carbamates (subject to hydrolysis) is 1. The summed E-state index contributed by atoms with van der Waals surface area (Å²) >= 11 is 0. The van der Waals surface area contributed by atoms with Crippen LogP contribution >= 0.6 is 0 Å². The van der Waals surface area contributed by atoms with Gasteiger partial charge in [-0.1, -0.05) is 48.5 Å². The molecule has 0 saturated heterocycles. The Morgan fingerprint density at radius 1 is 0.970 bits per heavy atom. The summed E-state index contributed by atoms with van der Waals surface area (Å²) in [6, 6.07) is 16.2. The van der Waals surface area contributed by atoms with Crippen molar-refractivity contribution in [2.45, 2.75) is 51.7 Å². The maximum absolute atomic E-state index is 12.5. The molecule has 2 rings (SSSR count). The van der Waals surface area contributed by atoms with Crippen LogP contribution in [0.5, 0.6) is 0 Å². The first kappa shape index (κ1) is 25.9. The van der Waals surface area contributed by atoms with Gasteiger partial charge in [0.05, 0.1) is 12.6 Å². The summed E-state index contributed by atoms with van der Waals surface area (Å²) < 4.78 is 10.1. The fourth-order valence-electron chi connectivity index (χ4n) is 3.16. The molecule has 0 heterocycles. The Kier molecular flexibility index (Phi) is 11.5. The van der Waals surface area contributed by atoms with Gasteiger partial charge in [-0.3, -0.25) is 9.59 Å². The van der Waals surface area contributed by atoms with Crippen LogP contribution in [0, 0.1) is 0 Å². The molecular formula is C25H33N3O5. The van der Waals surface area contributed by atoms with E-state index in [1.807, 2.05) is 54.6 Å². The number of hydrogen-bond acceptors (Lipinski definition) is 6. The van der Waals surface area contributed by atoms with Crippen LogP contribution < -0.4 is 16.4 Å². The molecule has 0 aliphatic carbocycles. The molecule has 0 saturated carbocycles. The van der Waals surface area contributed by atoms with E-state index in [-0.39, 0.29) is 18.5 Å². The molecule has 4 N–H and O–H groups in total. The van der Waals surface area contributed by atoms with Gasteiger partial charge in [0.15, 0.2) is 0 Å². The van der Waals surface area contributed by atoms with E-state index in [0.29, 0.717) is 50.9 Å². The number of anilines is 1. The molecule has 0 aromatic heterocycles. The lowest BCUT2D eigenvalue weighted by molar-refractivity contribution is -0.143. The second kappa shape index (κ2) is 14.6. The summed E-state index contributed by atoms with van der Waals surface area (Å²) in [5, 5.41) is 5.53. The number of carbonyl (C=O) groups is 3. The number of amides is 2. The number of para-hydroxylation sites is 1. The van der Waals surface area contributed by atoms with Gasteiger partial charge in [-0.25, -0.2) is 4.79 Å². The standard InChI is InChI=1S/C25H33N3O5/c1-2-32-23(29)16-8-13-20-12-6-7-15-22(20)28-24(30)21(26)14-9-17-27-25(31)33-18-19-10-4-3-5-11-19/h3-7,10-12,15,21H,2,8-9,13-14,16-18,26H2,1H3,(H,27,31)(H,28,30)/t21-/m0/s1. The lowest BCUT2D eigenvalue weighted by Crippen LogP contribution is -2.36. The zero-order valence-electron chi connectivity index (χ0n) is 19.0. The fourth-order valence-corrected chi connectivity index (χ4v) is 3.16. The highest BCUT2D eigenvalue weighted by molar-refractivity contribution is 5.95. The van der Waals surface area contributed by atoms with Crippen molar-refractivity contribution < 1.29 is 23.9 Å². The molecule has 8 nitrogen and oxygen atoms in total. The molecule has 8 heteroatoms. The molecule has 0 spiro atoms. The Balaban J connectivity index is 1.68. The van der Waals surface area contributed by atoms with Crippen molar-refractivity contribution in [3.63, 3.8) is 0 Å². The number of carbonyl (C=O) groups excluding carboxylic acids is 3. The third-order valence-corrected chi connectivity index (χ3v) is 4.92. The zero-order chi connectivity index (χ0) is 23.9. The van der Waals surface area contributed by atoms with Crippen LogP contribution in [0.1, 0.15) is 43.7 Å². The van der Waals surface area contributed by atoms with Crippen molar-refractivity contribution in [1.82, 2.24) is 5.32 Å². The number of esters is 1. The van der Waals surface area contributed by atoms with E-state index in [4.69, 9.17) is 15.2 Å². The van der Waals surface area contributed by atoms with Gasteiger partial charge in [-0.15, -0.1) is 0 Å². The average molecular weight is 456 g/mol. The van der Waals surface area contributed by atoms with Gasteiger partial charge < -0.3 is 25.8 Å². The molecule has 2 amide bonds. The van der Waals surface area contributed by atoms with E-state index >= 15 is 0 Å². The van der Waals surface area contributed by atoms with E-state index in [1.54, 1.807) is 6.92 Å². The van der Waals surface area contributed by atoms with Crippen molar-refractivity contribution in [3.8, 4) is 0 Å². The highest BCUT2D eigenvalue weighted by Gasteiger charge is 2.15. The third kappa shape index (κ3) is 10.2. The molecule has 2 aromatic rings. The van der Waals surface area contributed by atoms with Crippen molar-refractivity contribution in [2.75, 3.05) is 18.5 Å². The summed E-state index contributed by atoms with van der Waals surface area (Å²) in [6.07, 6.45) is 2.04. The summed E-state index contributed by atoms with van der Waals surface area (Å²) in [6.45, 7) is 2.71. The quantitative estimate of drug-likeness (QED) is 0.314. The summed E-state index contributed by atoms with van der Waals surface area (Å²) in [5.74, 6) is -0.516. The lowest BCUT2D eigenvalue weighted by atomic mass is 10.1. The highest BCUT2D eigenvalue weighted by Crippen LogP contribution is 2.18. The number of hydrogen-bond donors (Lipinski definition) is 3. The number of benzene rings is 2. The van der Waals surface area contributed by atoms with Gasteiger partial charge in [-0.2, -0.15) is 0 Å². The van der Waals surface area contributed by atoms with Crippen molar-refractivity contribution in [3.05, 3.63) is 65.7 Å². The predicted molar refractivity (Wildman–Crippen MR) is 126 cm³/mol. The largest absolute Gasteiger partial charge is 0.466 e. The zero-order valence-corrected chi connectivity index (χ0v) is 19.0. The summed E-state index contributed by atoms with van der Waals surface area (Å²) in [4.78, 5) is 35.8. The number of nitrogens with one attached hydrogen (secondary N) is 2. The van der Waals surface area contributed by atoms with E-state index in [1.165, 1.54) is 0 Å². The smallest absolute Gasteiger partial charge is 0.407 e. The number of nitrogens with two attached hydrogens (primary N) is 1. The first-order valence-electron chi connectivity index (χ1n) is 11.2. The Morgan fingerprint density at radius 3 is 2.45 bits per heavy atom. The van der Waals surface area contributed by atoms with Crippen LogP contribution in [0.3, 0.4) is 0 Å². The van der Waals surface area contributed by atoms with Gasteiger partial charge in [0.1, 0.15) is 6.61 Å². The topological polar surface area (TPSA) is 120 Å². The van der Waals surface area contributed by atoms with Crippen molar-refractivity contribution in [1.29, 1.82) is 0 Å². The van der Waals surface area contributed by atoms with E-state index in [2.05, 4.69) is 10.6 Å². The van der Waals surface area contributed by atoms with Crippen LogP contribution in [0.4, 0.5) is 10.5 Å². The van der Waals surface area contributed by atoms with E-state index in [9.17, 15) is 14.4 Å². The first-order valence-corrected chi connectivity index (χ1v) is 11.2. The highest BCUT2D eigenvalue weighted by atomic mass is 16.5. The lowest BCUT2D eigenvalue weighted by Gasteiger charge is -2.15. The van der Waals surface area contributed by atoms with E-state index < -0.39 is 12.1 Å². The first-order chi connectivity index (χ1) is 16.0. The maximum Gasteiger partial charge on any atom is 0.407 e. The van der Waals surface area contributed by atoms with Gasteiger partial charge in [0.25, 0.3) is 0 Å². The minimum Gasteiger partial charge on any atom is -0.466 e. The average Bonchev–Trinajstić information content (AvgIpc) is 2.82. The number of ether oxygens (including phenoxy) is 2. The molecule has 0 aliphatic heterocycles. The minimum atomic E-state index is -0.709. The number of aryl methyl sites for hydroxylation is 1. The van der Waals surface area contributed by atoms with Crippen LogP contribution in [0.2, 0.25) is 0 Å². The normalized spacial score (nSPS) is 11.3. The van der Waals surface area contributed by atoms with Crippen LogP contribution in [0.25, 0.3) is 0 Å². The van der Waals surface area contributed by atoms with E-state index in [0.717, 1.165) is 11.1 Å². The van der Waals surface area contributed by atoms with Crippen LogP contribution in [0.15, 0.2) is 54.6 Å². The van der Waals surface area contributed by atoms with Gasteiger partial charge in [0, 0.05) is 18.7 Å². The van der Waals surface area contributed by atoms with Crippen molar-refractivity contribution in [2.24, 2.45) is 5.73 Å². The Hall–Kier alpha value is -3.39. The molecule has 1 atom stereocenters. The predicted octanol–water partition coefficient (Wildman–Crippen LogP) is 3.54. The van der Waals surface area contributed by atoms with Crippen molar-refractivity contribution >= 4 is 23.7 Å². The molecule has 33 heavy (non-hydrogen) atoms. The SMILES string of the molecule is CCOC(=O)CCCc1ccccc1NC(=O)[C@@H](N)CCCNC(=O)OCc1ccccc1. The molecular weight excluding hydrogens is 422 g/mol. The molecule has 0 radical (unpaired) electrons. The monoisotopic (exact) mass is 455 g/mol. The molecule has 0 fully saturated rings. The number of rotatable bonds is 13. The van der Waals surface area contributed by atoms with Gasteiger partial charge in [-0.05, 0) is 49.8 Å². The second-order valence-corrected chi connectivity index (χ2v) is 7.54. The molecule has 0 aliphatic rings. The third-order valence-electron chi connectivity index (χ3n) is 4.92. The fraction of sp³-hybridized carbons (Fsp3) is 0.400.